The van der Waals surface area contributed by atoms with E-state index in [2.05, 4.69) is 35.3 Å². The van der Waals surface area contributed by atoms with Crippen LogP contribution in [0.3, 0.4) is 0 Å². The summed E-state index contributed by atoms with van der Waals surface area (Å²) in [6.45, 7) is 7.18. The Morgan fingerprint density at radius 2 is 2.00 bits per heavy atom. The molecule has 0 spiro atoms. The van der Waals surface area contributed by atoms with Crippen LogP contribution in [0, 0.1) is 5.92 Å². The zero-order chi connectivity index (χ0) is 21.1. The number of ether oxygens (including phenoxy) is 1. The summed E-state index contributed by atoms with van der Waals surface area (Å²) in [4.78, 5) is 14.8. The van der Waals surface area contributed by atoms with Gasteiger partial charge in [0.1, 0.15) is 6.29 Å². The maximum absolute atomic E-state index is 12.9. The van der Waals surface area contributed by atoms with Crippen molar-refractivity contribution in [2.75, 3.05) is 26.3 Å². The molecule has 170 valence electrons. The van der Waals surface area contributed by atoms with Gasteiger partial charge in [-0.25, -0.2) is 15.2 Å². The first-order valence-corrected chi connectivity index (χ1v) is 11.6. The van der Waals surface area contributed by atoms with E-state index in [1.54, 1.807) is 0 Å². The number of hydrazine groups is 2. The van der Waals surface area contributed by atoms with Crippen LogP contribution in [0.1, 0.15) is 58.8 Å². The highest BCUT2D eigenvalue weighted by Crippen LogP contribution is 2.35. The number of likely N-dealkylation sites (tertiary alicyclic amines) is 1. The van der Waals surface area contributed by atoms with E-state index >= 15 is 0 Å². The average molecular weight is 422 g/mol. The third-order valence-corrected chi connectivity index (χ3v) is 7.34. The number of nitrogens with zero attached hydrogens (tertiary/aromatic N) is 2. The lowest BCUT2D eigenvalue weighted by atomic mass is 9.89. The molecule has 6 N–H and O–H groups in total. The Morgan fingerprint density at radius 3 is 2.73 bits per heavy atom. The summed E-state index contributed by atoms with van der Waals surface area (Å²) in [6, 6.07) is 0.302. The zero-order valence-electron chi connectivity index (χ0n) is 18.5. The number of hydrogen-bond acceptors (Lipinski definition) is 7. The number of urea groups is 1. The smallest absolute Gasteiger partial charge is 0.332 e. The lowest BCUT2D eigenvalue weighted by molar-refractivity contribution is 0.000468. The maximum Gasteiger partial charge on any atom is 0.332 e. The number of carbonyl (C=O) groups is 1. The van der Waals surface area contributed by atoms with E-state index in [9.17, 15) is 4.79 Å². The number of carbonyl (C=O) groups excluding carboxylic acids is 1. The fourth-order valence-electron chi connectivity index (χ4n) is 5.35. The molecule has 1 aliphatic carbocycles. The molecule has 4 aliphatic rings. The van der Waals surface area contributed by atoms with E-state index in [1.165, 1.54) is 37.7 Å². The molecular weight excluding hydrogens is 382 g/mol. The van der Waals surface area contributed by atoms with Crippen molar-refractivity contribution in [2.24, 2.45) is 11.8 Å². The molecule has 0 bridgehead atoms. The Kier molecular flexibility index (Phi) is 6.84. The molecule has 0 aromatic rings. The first-order chi connectivity index (χ1) is 14.5. The van der Waals surface area contributed by atoms with Crippen LogP contribution in [0.15, 0.2) is 11.8 Å². The molecule has 3 heterocycles. The number of hydrogen-bond donors (Lipinski definition) is 5. The van der Waals surface area contributed by atoms with Gasteiger partial charge in [-0.2, -0.15) is 0 Å². The van der Waals surface area contributed by atoms with E-state index < -0.39 is 0 Å². The van der Waals surface area contributed by atoms with Crippen LogP contribution in [-0.2, 0) is 4.74 Å². The Bertz CT molecular complexity index is 629. The molecule has 3 aliphatic heterocycles. The molecule has 2 amide bonds. The van der Waals surface area contributed by atoms with Crippen molar-refractivity contribution in [3.8, 4) is 0 Å². The van der Waals surface area contributed by atoms with E-state index in [1.807, 2.05) is 16.1 Å². The van der Waals surface area contributed by atoms with Gasteiger partial charge in [0.05, 0.1) is 11.6 Å². The van der Waals surface area contributed by atoms with Crippen LogP contribution in [0.2, 0.25) is 0 Å². The lowest BCUT2D eigenvalue weighted by Gasteiger charge is -2.41. The lowest BCUT2D eigenvalue weighted by Crippen LogP contribution is -2.65. The number of nitrogens with two attached hydrogens (primary N) is 1. The molecule has 0 radical (unpaired) electrons. The summed E-state index contributed by atoms with van der Waals surface area (Å²) >= 11 is 0. The second-order valence-corrected chi connectivity index (χ2v) is 9.66. The summed E-state index contributed by atoms with van der Waals surface area (Å²) in [5.41, 5.74) is 6.93. The predicted molar refractivity (Wildman–Crippen MR) is 116 cm³/mol. The van der Waals surface area contributed by atoms with Gasteiger partial charge >= 0.3 is 6.03 Å². The number of fused-ring (bicyclic) bond motifs is 1. The van der Waals surface area contributed by atoms with Crippen molar-refractivity contribution < 1.29 is 9.53 Å². The second-order valence-electron chi connectivity index (χ2n) is 9.66. The van der Waals surface area contributed by atoms with Crippen molar-refractivity contribution in [2.45, 2.75) is 82.7 Å². The van der Waals surface area contributed by atoms with Crippen molar-refractivity contribution >= 4 is 6.03 Å². The SMILES string of the molecule is CC1(C)C2=CNC(N(N)C3CCOCC3)NC2CN1C(=O)NNCC1CCCCC1. The van der Waals surface area contributed by atoms with Gasteiger partial charge in [-0.3, -0.25) is 16.6 Å². The number of rotatable bonds is 5. The first-order valence-electron chi connectivity index (χ1n) is 11.6. The van der Waals surface area contributed by atoms with Gasteiger partial charge in [0, 0.05) is 38.5 Å². The molecule has 0 aromatic carbocycles. The highest BCUT2D eigenvalue weighted by Gasteiger charge is 2.48. The van der Waals surface area contributed by atoms with Gasteiger partial charge < -0.3 is 15.0 Å². The normalized spacial score (nSPS) is 30.0. The van der Waals surface area contributed by atoms with Gasteiger partial charge in [-0.05, 0) is 51.0 Å². The van der Waals surface area contributed by atoms with E-state index in [4.69, 9.17) is 10.6 Å². The van der Waals surface area contributed by atoms with Gasteiger partial charge in [-0.1, -0.05) is 19.3 Å². The molecule has 9 heteroatoms. The fraction of sp³-hybridized carbons (Fsp3) is 0.857. The monoisotopic (exact) mass is 421 g/mol. The van der Waals surface area contributed by atoms with Crippen molar-refractivity contribution in [3.63, 3.8) is 0 Å². The summed E-state index contributed by atoms with van der Waals surface area (Å²) in [6.07, 6.45) is 10.2. The molecule has 3 fully saturated rings. The van der Waals surface area contributed by atoms with Crippen LogP contribution in [-0.4, -0.2) is 66.2 Å². The second kappa shape index (κ2) is 9.40. The Balaban J connectivity index is 1.31. The number of amides is 2. The summed E-state index contributed by atoms with van der Waals surface area (Å²) in [5.74, 6) is 7.09. The minimum Gasteiger partial charge on any atom is -0.381 e. The van der Waals surface area contributed by atoms with E-state index in [-0.39, 0.29) is 29.9 Å². The van der Waals surface area contributed by atoms with Crippen molar-refractivity contribution in [1.29, 1.82) is 0 Å². The van der Waals surface area contributed by atoms with Gasteiger partial charge in [0.15, 0.2) is 0 Å². The molecule has 2 unspecified atom stereocenters. The highest BCUT2D eigenvalue weighted by molar-refractivity contribution is 5.76. The maximum atomic E-state index is 12.9. The fourth-order valence-corrected chi connectivity index (χ4v) is 5.35. The van der Waals surface area contributed by atoms with Crippen LogP contribution in [0.4, 0.5) is 4.79 Å². The van der Waals surface area contributed by atoms with Crippen LogP contribution in [0.25, 0.3) is 0 Å². The quantitative estimate of drug-likeness (QED) is 0.332. The standard InChI is InChI=1S/C21H39N7O2/c1-21(2)17-13-23-19(28(22)16-8-10-30-11-9-16)25-18(17)14-27(21)20(29)26-24-12-15-6-4-3-5-7-15/h13,15-16,18-19,23-25H,3-12,14,22H2,1-2H3,(H,26,29). The molecule has 4 rings (SSSR count). The number of nitrogens with one attached hydrogen (secondary N) is 4. The zero-order valence-corrected chi connectivity index (χ0v) is 18.5. The Morgan fingerprint density at radius 1 is 1.27 bits per heavy atom. The minimum atomic E-state index is -0.371. The topological polar surface area (TPSA) is 107 Å². The van der Waals surface area contributed by atoms with Crippen LogP contribution in [0.5, 0.6) is 0 Å². The largest absolute Gasteiger partial charge is 0.381 e. The summed E-state index contributed by atoms with van der Waals surface area (Å²) in [7, 11) is 0. The predicted octanol–water partition coefficient (Wildman–Crippen LogP) is 0.959. The highest BCUT2D eigenvalue weighted by atomic mass is 16.5. The summed E-state index contributed by atoms with van der Waals surface area (Å²) in [5, 5.41) is 8.87. The van der Waals surface area contributed by atoms with E-state index in [0.29, 0.717) is 12.5 Å². The third kappa shape index (κ3) is 4.60. The molecule has 30 heavy (non-hydrogen) atoms. The third-order valence-electron chi connectivity index (χ3n) is 7.34. The van der Waals surface area contributed by atoms with Gasteiger partial charge in [0.25, 0.3) is 0 Å². The van der Waals surface area contributed by atoms with Gasteiger partial charge in [0.2, 0.25) is 0 Å². The molecule has 1 saturated carbocycles. The minimum absolute atomic E-state index is 0.0708. The van der Waals surface area contributed by atoms with Crippen molar-refractivity contribution in [3.05, 3.63) is 11.8 Å². The molecule has 0 aromatic heterocycles. The first kappa shape index (κ1) is 21.8. The van der Waals surface area contributed by atoms with E-state index in [0.717, 1.165) is 32.6 Å². The van der Waals surface area contributed by atoms with Crippen LogP contribution < -0.4 is 27.3 Å². The Labute approximate surface area is 180 Å². The van der Waals surface area contributed by atoms with Crippen LogP contribution >= 0.6 is 0 Å². The summed E-state index contributed by atoms with van der Waals surface area (Å²) < 4.78 is 5.45. The van der Waals surface area contributed by atoms with Gasteiger partial charge in [-0.15, -0.1) is 0 Å². The Hall–Kier alpha value is -1.39. The molecule has 9 nitrogen and oxygen atoms in total. The molecule has 2 atom stereocenters. The molecule has 2 saturated heterocycles. The average Bonchev–Trinajstić information content (AvgIpc) is 3.04. The molecular formula is C21H39N7O2. The van der Waals surface area contributed by atoms with Crippen molar-refractivity contribution in [1.82, 2.24) is 31.4 Å².